The van der Waals surface area contributed by atoms with E-state index < -0.39 is 0 Å². The zero-order valence-electron chi connectivity index (χ0n) is 12.1. The lowest BCUT2D eigenvalue weighted by molar-refractivity contribution is -0.130. The second-order valence-corrected chi connectivity index (χ2v) is 4.82. The van der Waals surface area contributed by atoms with Crippen LogP contribution in [-0.2, 0) is 4.79 Å². The number of hydrogen-bond donors (Lipinski definition) is 2. The number of nitrogens with two attached hydrogens (primary N) is 1. The van der Waals surface area contributed by atoms with Crippen molar-refractivity contribution in [2.45, 2.75) is 19.9 Å². The van der Waals surface area contributed by atoms with E-state index in [1.54, 1.807) is 18.1 Å². The van der Waals surface area contributed by atoms with Crippen LogP contribution < -0.4 is 11.1 Å². The van der Waals surface area contributed by atoms with Crippen molar-refractivity contribution >= 4 is 28.2 Å². The van der Waals surface area contributed by atoms with Crippen molar-refractivity contribution in [1.29, 1.82) is 0 Å². The van der Waals surface area contributed by atoms with E-state index in [9.17, 15) is 4.79 Å². The Hall–Kier alpha value is -2.30. The third-order valence-electron chi connectivity index (χ3n) is 3.42. The Labute approximate surface area is 118 Å². The van der Waals surface area contributed by atoms with Gasteiger partial charge in [0, 0.05) is 25.2 Å². The minimum Gasteiger partial charge on any atom is -0.397 e. The third kappa shape index (κ3) is 2.66. The summed E-state index contributed by atoms with van der Waals surface area (Å²) in [5.74, 6) is 0.0400. The van der Waals surface area contributed by atoms with Gasteiger partial charge in [0.15, 0.2) is 0 Å². The molecule has 106 valence electrons. The van der Waals surface area contributed by atoms with Crippen molar-refractivity contribution < 1.29 is 4.79 Å². The van der Waals surface area contributed by atoms with Gasteiger partial charge >= 0.3 is 0 Å². The van der Waals surface area contributed by atoms with Crippen LogP contribution in [0.1, 0.15) is 13.8 Å². The average molecular weight is 272 g/mol. The molecule has 0 aliphatic heterocycles. The smallest absolute Gasteiger partial charge is 0.244 e. The fourth-order valence-corrected chi connectivity index (χ4v) is 2.08. The molecule has 3 N–H and O–H groups in total. The van der Waals surface area contributed by atoms with Gasteiger partial charge in [0.25, 0.3) is 0 Å². The van der Waals surface area contributed by atoms with Crippen LogP contribution in [0.5, 0.6) is 0 Å². The molecule has 1 heterocycles. The molecule has 0 spiro atoms. The van der Waals surface area contributed by atoms with Gasteiger partial charge in [0.2, 0.25) is 5.91 Å². The van der Waals surface area contributed by atoms with Gasteiger partial charge in [-0.3, -0.25) is 9.78 Å². The molecule has 0 saturated heterocycles. The summed E-state index contributed by atoms with van der Waals surface area (Å²) in [5, 5.41) is 4.06. The second kappa shape index (κ2) is 5.77. The van der Waals surface area contributed by atoms with Crippen molar-refractivity contribution in [2.24, 2.45) is 0 Å². The van der Waals surface area contributed by atoms with Gasteiger partial charge in [0.05, 0.1) is 16.9 Å². The number of nitrogens with zero attached hydrogens (tertiary/aromatic N) is 2. The molecule has 20 heavy (non-hydrogen) atoms. The lowest BCUT2D eigenvalue weighted by atomic mass is 10.1. The molecular weight excluding hydrogens is 252 g/mol. The zero-order valence-corrected chi connectivity index (χ0v) is 12.1. The van der Waals surface area contributed by atoms with E-state index in [1.165, 1.54) is 0 Å². The summed E-state index contributed by atoms with van der Waals surface area (Å²) in [6.07, 6.45) is 1.73. The van der Waals surface area contributed by atoms with Gasteiger partial charge in [-0.2, -0.15) is 0 Å². The number of aromatic nitrogens is 1. The Balaban J connectivity index is 2.26. The highest BCUT2D eigenvalue weighted by Gasteiger charge is 2.17. The molecule has 1 aromatic carbocycles. The third-order valence-corrected chi connectivity index (χ3v) is 3.42. The molecule has 1 aromatic heterocycles. The Bertz CT molecular complexity index is 626. The lowest BCUT2D eigenvalue weighted by Crippen LogP contribution is -2.38. The molecule has 5 nitrogen and oxygen atoms in total. The summed E-state index contributed by atoms with van der Waals surface area (Å²) >= 11 is 0. The van der Waals surface area contributed by atoms with Gasteiger partial charge in [-0.15, -0.1) is 0 Å². The number of amides is 1. The van der Waals surface area contributed by atoms with Crippen LogP contribution in [0.3, 0.4) is 0 Å². The topological polar surface area (TPSA) is 71.2 Å². The first kappa shape index (κ1) is 14.1. The number of hydrogen-bond acceptors (Lipinski definition) is 4. The Morgan fingerprint density at radius 1 is 1.45 bits per heavy atom. The van der Waals surface area contributed by atoms with Crippen LogP contribution in [0.15, 0.2) is 30.5 Å². The van der Waals surface area contributed by atoms with E-state index in [0.717, 1.165) is 16.6 Å². The van der Waals surface area contributed by atoms with Crippen molar-refractivity contribution in [3.8, 4) is 0 Å². The van der Waals surface area contributed by atoms with Crippen molar-refractivity contribution in [3.63, 3.8) is 0 Å². The van der Waals surface area contributed by atoms with E-state index in [4.69, 9.17) is 5.73 Å². The van der Waals surface area contributed by atoms with Crippen molar-refractivity contribution in [1.82, 2.24) is 9.88 Å². The van der Waals surface area contributed by atoms with E-state index in [-0.39, 0.29) is 11.9 Å². The highest BCUT2D eigenvalue weighted by Crippen LogP contribution is 2.27. The van der Waals surface area contributed by atoms with Crippen molar-refractivity contribution in [2.75, 3.05) is 24.6 Å². The Kier molecular flexibility index (Phi) is 4.08. The minimum absolute atomic E-state index is 0.0400. The first-order chi connectivity index (χ1) is 9.54. The zero-order chi connectivity index (χ0) is 14.7. The number of carbonyl (C=O) groups is 1. The fourth-order valence-electron chi connectivity index (χ4n) is 2.08. The molecule has 0 saturated carbocycles. The maximum Gasteiger partial charge on any atom is 0.244 e. The molecule has 0 bridgehead atoms. The lowest BCUT2D eigenvalue weighted by Gasteiger charge is -2.22. The molecule has 0 aliphatic carbocycles. The van der Waals surface area contributed by atoms with Gasteiger partial charge in [-0.25, -0.2) is 0 Å². The van der Waals surface area contributed by atoms with Gasteiger partial charge in [-0.1, -0.05) is 0 Å². The predicted molar refractivity (Wildman–Crippen MR) is 82.6 cm³/mol. The molecule has 0 aliphatic rings. The van der Waals surface area contributed by atoms with E-state index in [0.29, 0.717) is 12.2 Å². The Morgan fingerprint density at radius 3 is 2.90 bits per heavy atom. The number of rotatable bonds is 4. The fraction of sp³-hybridized carbons (Fsp3) is 0.333. The van der Waals surface area contributed by atoms with E-state index >= 15 is 0 Å². The van der Waals surface area contributed by atoms with Crippen LogP contribution in [-0.4, -0.2) is 35.4 Å². The summed E-state index contributed by atoms with van der Waals surface area (Å²) in [5.41, 5.74) is 8.38. The summed E-state index contributed by atoms with van der Waals surface area (Å²) in [4.78, 5) is 18.0. The van der Waals surface area contributed by atoms with Crippen molar-refractivity contribution in [3.05, 3.63) is 30.5 Å². The number of benzene rings is 1. The molecule has 1 amide bonds. The highest BCUT2D eigenvalue weighted by atomic mass is 16.2. The van der Waals surface area contributed by atoms with Crippen LogP contribution in [0.25, 0.3) is 10.9 Å². The second-order valence-electron chi connectivity index (χ2n) is 4.82. The van der Waals surface area contributed by atoms with Crippen LogP contribution >= 0.6 is 0 Å². The number of nitrogen functional groups attached to an aromatic ring is 1. The van der Waals surface area contributed by atoms with Gasteiger partial charge < -0.3 is 16.0 Å². The Morgan fingerprint density at radius 2 is 2.20 bits per heavy atom. The summed E-state index contributed by atoms with van der Waals surface area (Å²) < 4.78 is 0. The minimum atomic E-state index is -0.323. The number of anilines is 2. The largest absolute Gasteiger partial charge is 0.397 e. The molecular formula is C15H20N4O. The number of likely N-dealkylation sites (N-methyl/N-ethyl adjacent to an activating group) is 1. The summed E-state index contributed by atoms with van der Waals surface area (Å²) in [7, 11) is 1.79. The average Bonchev–Trinajstić information content (AvgIpc) is 2.48. The number of fused-ring (bicyclic) bond motifs is 1. The first-order valence-electron chi connectivity index (χ1n) is 6.69. The number of carbonyl (C=O) groups excluding carboxylic acids is 1. The SMILES string of the molecule is CCN(C)C(=O)C(C)Nc1ccc2ncccc2c1N. The summed E-state index contributed by atoms with van der Waals surface area (Å²) in [6, 6.07) is 7.21. The van der Waals surface area contributed by atoms with E-state index in [1.807, 2.05) is 38.1 Å². The van der Waals surface area contributed by atoms with Crippen LogP contribution in [0, 0.1) is 0 Å². The normalized spacial score (nSPS) is 12.2. The van der Waals surface area contributed by atoms with Gasteiger partial charge in [-0.05, 0) is 38.1 Å². The maximum atomic E-state index is 12.1. The quantitative estimate of drug-likeness (QED) is 0.836. The monoisotopic (exact) mass is 272 g/mol. The number of pyridine rings is 1. The van der Waals surface area contributed by atoms with Crippen LogP contribution in [0.4, 0.5) is 11.4 Å². The standard InChI is InChI=1S/C15H20N4O/c1-4-19(3)15(20)10(2)18-13-8-7-12-11(14(13)16)6-5-9-17-12/h5-10,18H,4,16H2,1-3H3. The maximum absolute atomic E-state index is 12.1. The molecule has 0 radical (unpaired) electrons. The summed E-state index contributed by atoms with van der Waals surface area (Å²) in [6.45, 7) is 4.46. The highest BCUT2D eigenvalue weighted by molar-refractivity contribution is 5.98. The molecule has 1 unspecified atom stereocenters. The van der Waals surface area contributed by atoms with E-state index in [2.05, 4.69) is 10.3 Å². The predicted octanol–water partition coefficient (Wildman–Crippen LogP) is 2.10. The molecule has 2 rings (SSSR count). The number of nitrogens with one attached hydrogen (secondary N) is 1. The van der Waals surface area contributed by atoms with Gasteiger partial charge in [0.1, 0.15) is 6.04 Å². The molecule has 0 fully saturated rings. The van der Waals surface area contributed by atoms with Crippen LogP contribution in [0.2, 0.25) is 0 Å². The molecule has 1 atom stereocenters. The molecule has 5 heteroatoms. The molecule has 2 aromatic rings. The first-order valence-corrected chi connectivity index (χ1v) is 6.69.